The van der Waals surface area contributed by atoms with Gasteiger partial charge in [0.05, 0.1) is 11.3 Å². The number of halogens is 3. The number of hydrogen-bond donors (Lipinski definition) is 1. The monoisotopic (exact) mass is 537 g/mol. The van der Waals surface area contributed by atoms with Crippen molar-refractivity contribution < 1.29 is 18.0 Å². The van der Waals surface area contributed by atoms with Gasteiger partial charge in [-0.15, -0.1) is 0 Å². The molecule has 2 amide bonds. The second kappa shape index (κ2) is 10.8. The Balaban J connectivity index is 1.45. The lowest BCUT2D eigenvalue weighted by molar-refractivity contribution is -0.137. The number of benzene rings is 2. The molecule has 0 aliphatic carbocycles. The largest absolute Gasteiger partial charge is 0.419 e. The molecular weight excluding hydrogens is 503 g/mol. The molecule has 206 valence electrons. The SMILES string of the molecule is CCN1C(=O)N=NC1(CCCc1ccc(-c2ccc(C(F)(F)F)c(N)n2)cc1)Cc1ccc(C(C)(C)C)cc1. The Morgan fingerprint density at radius 3 is 2.13 bits per heavy atom. The molecule has 2 heterocycles. The van der Waals surface area contributed by atoms with E-state index in [1.807, 2.05) is 31.2 Å². The number of carbonyl (C=O) groups excluding carboxylic acids is 1. The van der Waals surface area contributed by atoms with Crippen LogP contribution in [0.1, 0.15) is 62.8 Å². The lowest BCUT2D eigenvalue weighted by Gasteiger charge is -2.34. The molecule has 1 aromatic heterocycles. The van der Waals surface area contributed by atoms with Crippen molar-refractivity contribution >= 4 is 11.8 Å². The average molecular weight is 538 g/mol. The molecule has 2 N–H and O–H groups in total. The minimum Gasteiger partial charge on any atom is -0.383 e. The Morgan fingerprint density at radius 2 is 1.56 bits per heavy atom. The van der Waals surface area contributed by atoms with Gasteiger partial charge in [0, 0.05) is 18.5 Å². The van der Waals surface area contributed by atoms with Gasteiger partial charge in [0.15, 0.2) is 5.66 Å². The van der Waals surface area contributed by atoms with Crippen LogP contribution in [-0.2, 0) is 24.4 Å². The number of carbonyl (C=O) groups is 1. The highest BCUT2D eigenvalue weighted by molar-refractivity contribution is 5.77. The molecule has 4 rings (SSSR count). The smallest absolute Gasteiger partial charge is 0.383 e. The summed E-state index contributed by atoms with van der Waals surface area (Å²) in [5.74, 6) is -0.539. The lowest BCUT2D eigenvalue weighted by atomic mass is 9.85. The van der Waals surface area contributed by atoms with Crippen molar-refractivity contribution in [1.82, 2.24) is 9.88 Å². The fourth-order valence-corrected chi connectivity index (χ4v) is 5.00. The molecule has 0 saturated carbocycles. The first-order chi connectivity index (χ1) is 18.3. The Bertz CT molecular complexity index is 1340. The second-order valence-electron chi connectivity index (χ2n) is 11.0. The zero-order chi connectivity index (χ0) is 28.4. The van der Waals surface area contributed by atoms with Crippen molar-refractivity contribution in [3.63, 3.8) is 0 Å². The molecule has 1 aliphatic heterocycles. The number of pyridine rings is 1. The highest BCUT2D eigenvalue weighted by atomic mass is 19.4. The summed E-state index contributed by atoms with van der Waals surface area (Å²) in [6.07, 6.45) is -1.79. The number of urea groups is 1. The standard InChI is InChI=1S/C30H34F3N5O/c1-5-38-27(39)36-37-29(38,19-21-10-14-23(15-11-21)28(2,3)4)18-6-7-20-8-12-22(13-9-20)25-17-16-24(26(34)35-25)30(31,32)33/h8-17H,5-7,18-19H2,1-4H3,(H2,34,35). The molecule has 0 saturated heterocycles. The second-order valence-corrected chi connectivity index (χ2v) is 11.0. The summed E-state index contributed by atoms with van der Waals surface area (Å²) in [5, 5.41) is 8.40. The van der Waals surface area contributed by atoms with Crippen molar-refractivity contribution in [2.45, 2.75) is 70.6 Å². The number of amides is 2. The quantitative estimate of drug-likeness (QED) is 0.318. The number of anilines is 1. The molecule has 1 atom stereocenters. The first-order valence-electron chi connectivity index (χ1n) is 13.1. The Morgan fingerprint density at radius 1 is 0.923 bits per heavy atom. The van der Waals surface area contributed by atoms with Crippen molar-refractivity contribution in [3.8, 4) is 11.3 Å². The van der Waals surface area contributed by atoms with E-state index in [0.717, 1.165) is 30.0 Å². The van der Waals surface area contributed by atoms with Crippen LogP contribution in [0.5, 0.6) is 0 Å². The molecule has 0 radical (unpaired) electrons. The summed E-state index contributed by atoms with van der Waals surface area (Å²) >= 11 is 0. The van der Waals surface area contributed by atoms with Gasteiger partial charge in [0.2, 0.25) is 0 Å². The number of hydrogen-bond acceptors (Lipinski definition) is 4. The summed E-state index contributed by atoms with van der Waals surface area (Å²) in [6, 6.07) is 18.0. The van der Waals surface area contributed by atoms with Gasteiger partial charge < -0.3 is 5.73 Å². The topological polar surface area (TPSA) is 83.9 Å². The zero-order valence-corrected chi connectivity index (χ0v) is 22.7. The van der Waals surface area contributed by atoms with Crippen LogP contribution in [0, 0.1) is 0 Å². The van der Waals surface area contributed by atoms with E-state index in [1.54, 1.807) is 4.90 Å². The fourth-order valence-electron chi connectivity index (χ4n) is 5.00. The van der Waals surface area contributed by atoms with E-state index in [9.17, 15) is 18.0 Å². The summed E-state index contributed by atoms with van der Waals surface area (Å²) in [7, 11) is 0. The minimum atomic E-state index is -4.54. The predicted molar refractivity (Wildman–Crippen MR) is 146 cm³/mol. The van der Waals surface area contributed by atoms with Crippen LogP contribution in [0.15, 0.2) is 70.9 Å². The Labute approximate surface area is 227 Å². The van der Waals surface area contributed by atoms with Gasteiger partial charge in [-0.3, -0.25) is 4.90 Å². The van der Waals surface area contributed by atoms with Crippen molar-refractivity contribution in [2.24, 2.45) is 10.2 Å². The maximum atomic E-state index is 13.0. The third-order valence-corrected chi connectivity index (χ3v) is 7.20. The van der Waals surface area contributed by atoms with Crippen LogP contribution in [0.3, 0.4) is 0 Å². The molecule has 1 aliphatic rings. The van der Waals surface area contributed by atoms with E-state index in [0.29, 0.717) is 30.6 Å². The maximum absolute atomic E-state index is 13.0. The number of likely N-dealkylation sites (N-methyl/N-ethyl adjacent to an activating group) is 1. The van der Waals surface area contributed by atoms with Gasteiger partial charge in [0.1, 0.15) is 5.82 Å². The van der Waals surface area contributed by atoms with Crippen molar-refractivity contribution in [1.29, 1.82) is 0 Å². The van der Waals surface area contributed by atoms with Gasteiger partial charge >= 0.3 is 12.2 Å². The predicted octanol–water partition coefficient (Wildman–Crippen LogP) is 7.82. The molecule has 0 spiro atoms. The number of aryl methyl sites for hydroxylation is 1. The van der Waals surface area contributed by atoms with E-state index < -0.39 is 23.2 Å². The number of nitrogens with two attached hydrogens (primary N) is 1. The number of aromatic nitrogens is 1. The lowest BCUT2D eigenvalue weighted by Crippen LogP contribution is -2.47. The molecule has 1 unspecified atom stereocenters. The number of nitrogens with zero attached hydrogens (tertiary/aromatic N) is 4. The van der Waals surface area contributed by atoms with Gasteiger partial charge in [-0.2, -0.15) is 18.3 Å². The molecular formula is C30H34F3N5O. The van der Waals surface area contributed by atoms with E-state index in [-0.39, 0.29) is 11.4 Å². The molecule has 3 aromatic rings. The molecule has 9 heteroatoms. The van der Waals surface area contributed by atoms with Gasteiger partial charge in [-0.25, -0.2) is 9.78 Å². The summed E-state index contributed by atoms with van der Waals surface area (Å²) < 4.78 is 39.0. The number of azo groups is 1. The Kier molecular flexibility index (Phi) is 7.82. The van der Waals surface area contributed by atoms with Crippen LogP contribution in [0.4, 0.5) is 23.8 Å². The normalized spacial score (nSPS) is 17.7. The average Bonchev–Trinajstić information content (AvgIpc) is 3.18. The first-order valence-corrected chi connectivity index (χ1v) is 13.1. The van der Waals surface area contributed by atoms with Crippen LogP contribution in [0.2, 0.25) is 0 Å². The van der Waals surface area contributed by atoms with Crippen LogP contribution < -0.4 is 5.73 Å². The van der Waals surface area contributed by atoms with E-state index in [2.05, 4.69) is 60.2 Å². The highest BCUT2D eigenvalue weighted by Crippen LogP contribution is 2.36. The van der Waals surface area contributed by atoms with Gasteiger partial charge in [0.25, 0.3) is 0 Å². The van der Waals surface area contributed by atoms with Crippen molar-refractivity contribution in [2.75, 3.05) is 12.3 Å². The minimum absolute atomic E-state index is 0.0550. The third kappa shape index (κ3) is 6.29. The van der Waals surface area contributed by atoms with Crippen LogP contribution >= 0.6 is 0 Å². The number of rotatable bonds is 8. The molecule has 0 fully saturated rings. The molecule has 2 aromatic carbocycles. The Hall–Kier alpha value is -3.75. The molecule has 6 nitrogen and oxygen atoms in total. The van der Waals surface area contributed by atoms with Gasteiger partial charge in [-0.1, -0.05) is 74.4 Å². The molecule has 0 bridgehead atoms. The zero-order valence-electron chi connectivity index (χ0n) is 22.7. The summed E-state index contributed by atoms with van der Waals surface area (Å²) in [5.41, 5.74) is 8.41. The number of nitrogen functional groups attached to an aromatic ring is 1. The summed E-state index contributed by atoms with van der Waals surface area (Å²) in [6.45, 7) is 8.98. The first kappa shape index (κ1) is 28.3. The van der Waals surface area contributed by atoms with Crippen molar-refractivity contribution in [3.05, 3.63) is 82.9 Å². The van der Waals surface area contributed by atoms with Gasteiger partial charge in [-0.05, 0) is 60.4 Å². The van der Waals surface area contributed by atoms with E-state index in [1.165, 1.54) is 11.6 Å². The number of alkyl halides is 3. The fraction of sp³-hybridized carbons (Fsp3) is 0.400. The third-order valence-electron chi connectivity index (χ3n) is 7.20. The van der Waals surface area contributed by atoms with E-state index >= 15 is 0 Å². The van der Waals surface area contributed by atoms with Crippen LogP contribution in [-0.4, -0.2) is 28.1 Å². The summed E-state index contributed by atoms with van der Waals surface area (Å²) in [4.78, 5) is 18.2. The van der Waals surface area contributed by atoms with E-state index in [4.69, 9.17) is 5.73 Å². The maximum Gasteiger partial charge on any atom is 0.419 e. The molecule has 39 heavy (non-hydrogen) atoms. The highest BCUT2D eigenvalue weighted by Gasteiger charge is 2.43. The van der Waals surface area contributed by atoms with Crippen LogP contribution in [0.25, 0.3) is 11.3 Å².